The van der Waals surface area contributed by atoms with Crippen LogP contribution in [0.4, 0.5) is 13.2 Å². The van der Waals surface area contributed by atoms with Gasteiger partial charge in [-0.2, -0.15) is 13.2 Å². The summed E-state index contributed by atoms with van der Waals surface area (Å²) in [6.45, 7) is 1.83. The maximum absolute atomic E-state index is 14.1. The van der Waals surface area contributed by atoms with Gasteiger partial charge in [0.05, 0.1) is 18.4 Å². The Morgan fingerprint density at radius 2 is 1.83 bits per heavy atom. The van der Waals surface area contributed by atoms with E-state index in [1.807, 2.05) is 6.92 Å². The van der Waals surface area contributed by atoms with Gasteiger partial charge in [0.2, 0.25) is 5.60 Å². The maximum Gasteiger partial charge on any atom is 0.428 e. The van der Waals surface area contributed by atoms with Gasteiger partial charge in [-0.3, -0.25) is 10.3 Å². The molecule has 0 radical (unpaired) electrons. The summed E-state index contributed by atoms with van der Waals surface area (Å²) in [6, 6.07) is 8.28. The fraction of sp³-hybridized carbons (Fsp3) is 0.250. The first-order valence-corrected chi connectivity index (χ1v) is 9.28. The lowest BCUT2D eigenvalue weighted by molar-refractivity contribution is -0.269. The molecule has 1 unspecified atom stereocenters. The van der Waals surface area contributed by atoms with Crippen molar-refractivity contribution in [2.45, 2.75) is 25.1 Å². The summed E-state index contributed by atoms with van der Waals surface area (Å²) < 4.78 is 46.9. The highest BCUT2D eigenvalue weighted by Crippen LogP contribution is 2.48. The van der Waals surface area contributed by atoms with Crippen molar-refractivity contribution in [1.82, 2.24) is 5.48 Å². The van der Waals surface area contributed by atoms with Gasteiger partial charge in [-0.1, -0.05) is 36.2 Å². The van der Waals surface area contributed by atoms with Crippen LogP contribution in [0.25, 0.3) is 5.70 Å². The van der Waals surface area contributed by atoms with Crippen LogP contribution in [0.5, 0.6) is 0 Å². The number of alkyl halides is 3. The zero-order chi connectivity index (χ0) is 21.4. The number of rotatable bonds is 4. The number of esters is 1. The van der Waals surface area contributed by atoms with Crippen molar-refractivity contribution in [1.29, 1.82) is 0 Å². The highest BCUT2D eigenvalue weighted by molar-refractivity contribution is 6.34. The minimum Gasteiger partial charge on any atom is -0.465 e. The first-order chi connectivity index (χ1) is 13.6. The number of ether oxygens (including phenoxy) is 1. The lowest BCUT2D eigenvalue weighted by Gasteiger charge is -2.28. The van der Waals surface area contributed by atoms with E-state index in [1.165, 1.54) is 25.3 Å². The van der Waals surface area contributed by atoms with Crippen molar-refractivity contribution in [3.8, 4) is 0 Å². The van der Waals surface area contributed by atoms with Gasteiger partial charge in [0.1, 0.15) is 0 Å². The van der Waals surface area contributed by atoms with E-state index in [9.17, 15) is 18.0 Å². The molecule has 0 bridgehead atoms. The average Bonchev–Trinajstić information content (AvgIpc) is 3.13. The van der Waals surface area contributed by atoms with E-state index in [2.05, 4.69) is 5.48 Å². The molecule has 0 aromatic heterocycles. The molecule has 29 heavy (non-hydrogen) atoms. The third-order valence-electron chi connectivity index (χ3n) is 4.58. The molecule has 0 saturated carbocycles. The summed E-state index contributed by atoms with van der Waals surface area (Å²) in [5.41, 5.74) is 0.837. The highest BCUT2D eigenvalue weighted by atomic mass is 35.5. The number of hydrogen-bond acceptors (Lipinski definition) is 4. The monoisotopic (exact) mass is 445 g/mol. The number of halogens is 5. The Kier molecular flexibility index (Phi) is 5.85. The number of nitrogens with one attached hydrogen (secondary N) is 1. The number of hydrogen-bond donors (Lipinski definition) is 1. The predicted molar refractivity (Wildman–Crippen MR) is 104 cm³/mol. The largest absolute Gasteiger partial charge is 0.465 e. The lowest BCUT2D eigenvalue weighted by Crippen LogP contribution is -2.42. The zero-order valence-electron chi connectivity index (χ0n) is 15.4. The Balaban J connectivity index is 2.11. The van der Waals surface area contributed by atoms with Gasteiger partial charge in [-0.25, -0.2) is 4.79 Å². The number of methoxy groups -OCH3 is 1. The Bertz CT molecular complexity index is 971. The van der Waals surface area contributed by atoms with E-state index in [1.54, 1.807) is 6.07 Å². The van der Waals surface area contributed by atoms with Crippen LogP contribution in [0.2, 0.25) is 10.0 Å². The van der Waals surface area contributed by atoms with E-state index in [4.69, 9.17) is 32.8 Å². The first kappa shape index (κ1) is 21.5. The van der Waals surface area contributed by atoms with Gasteiger partial charge < -0.3 is 4.74 Å². The van der Waals surface area contributed by atoms with Crippen LogP contribution in [-0.2, 0) is 21.6 Å². The second kappa shape index (κ2) is 7.89. The molecular formula is C20H16Cl2F3NO3. The Morgan fingerprint density at radius 3 is 2.38 bits per heavy atom. The molecule has 0 amide bonds. The van der Waals surface area contributed by atoms with E-state index in [-0.39, 0.29) is 21.3 Å². The molecule has 9 heteroatoms. The van der Waals surface area contributed by atoms with Crippen LogP contribution in [0, 0.1) is 0 Å². The minimum absolute atomic E-state index is 0.0530. The number of benzene rings is 2. The second-order valence-electron chi connectivity index (χ2n) is 6.37. The van der Waals surface area contributed by atoms with Crippen molar-refractivity contribution < 1.29 is 27.5 Å². The van der Waals surface area contributed by atoms with Gasteiger partial charge in [-0.05, 0) is 48.4 Å². The third kappa shape index (κ3) is 3.95. The quantitative estimate of drug-likeness (QED) is 0.615. The summed E-state index contributed by atoms with van der Waals surface area (Å²) in [6.07, 6.45) is -3.38. The summed E-state index contributed by atoms with van der Waals surface area (Å²) in [5, 5.41) is 0.106. The van der Waals surface area contributed by atoms with E-state index >= 15 is 0 Å². The maximum atomic E-state index is 14.1. The summed E-state index contributed by atoms with van der Waals surface area (Å²) in [5.74, 6) is -0.517. The van der Waals surface area contributed by atoms with Gasteiger partial charge in [-0.15, -0.1) is 0 Å². The average molecular weight is 446 g/mol. The summed E-state index contributed by atoms with van der Waals surface area (Å²) in [4.78, 5) is 16.9. The molecule has 1 aliphatic heterocycles. The van der Waals surface area contributed by atoms with E-state index < -0.39 is 17.7 Å². The zero-order valence-corrected chi connectivity index (χ0v) is 16.9. The fourth-order valence-electron chi connectivity index (χ4n) is 3.12. The number of carbonyl (C=O) groups is 1. The molecule has 0 spiro atoms. The smallest absolute Gasteiger partial charge is 0.428 e. The molecule has 1 aliphatic rings. The molecule has 4 nitrogen and oxygen atoms in total. The topological polar surface area (TPSA) is 47.6 Å². The number of hydroxylamine groups is 1. The van der Waals surface area contributed by atoms with E-state index in [0.717, 1.165) is 18.2 Å². The SMILES string of the molecule is CCc1cc(C2=CC(c3cc(Cl)cc(Cl)c3)(C(F)(F)F)ON2)ccc1C(=O)OC. The minimum atomic E-state index is -4.80. The Hall–Kier alpha value is -2.22. The second-order valence-corrected chi connectivity index (χ2v) is 7.24. The molecule has 1 atom stereocenters. The van der Waals surface area contributed by atoms with Gasteiger partial charge in [0.25, 0.3) is 0 Å². The molecule has 0 aliphatic carbocycles. The number of carbonyl (C=O) groups excluding carboxylic acids is 1. The molecule has 2 aromatic carbocycles. The van der Waals surface area contributed by atoms with Crippen molar-refractivity contribution in [2.75, 3.05) is 7.11 Å². The van der Waals surface area contributed by atoms with Crippen LogP contribution in [0.3, 0.4) is 0 Å². The van der Waals surface area contributed by atoms with Gasteiger partial charge in [0.15, 0.2) is 0 Å². The van der Waals surface area contributed by atoms with Crippen LogP contribution >= 0.6 is 23.2 Å². The van der Waals surface area contributed by atoms with Crippen LogP contribution in [0.1, 0.15) is 34.0 Å². The van der Waals surface area contributed by atoms with Crippen molar-refractivity contribution >= 4 is 34.9 Å². The number of aryl methyl sites for hydroxylation is 1. The van der Waals surface area contributed by atoms with Crippen LogP contribution in [-0.4, -0.2) is 19.3 Å². The molecule has 2 aromatic rings. The normalized spacial score (nSPS) is 18.9. The Morgan fingerprint density at radius 1 is 1.17 bits per heavy atom. The highest BCUT2D eigenvalue weighted by Gasteiger charge is 2.59. The lowest BCUT2D eigenvalue weighted by atomic mass is 9.91. The molecule has 1 heterocycles. The van der Waals surface area contributed by atoms with Crippen LogP contribution < -0.4 is 5.48 Å². The Labute approximate surface area is 175 Å². The van der Waals surface area contributed by atoms with Crippen molar-refractivity contribution in [3.63, 3.8) is 0 Å². The van der Waals surface area contributed by atoms with Gasteiger partial charge >= 0.3 is 12.1 Å². The molecule has 1 N–H and O–H groups in total. The summed E-state index contributed by atoms with van der Waals surface area (Å²) in [7, 11) is 1.26. The first-order valence-electron chi connectivity index (χ1n) is 8.53. The standard InChI is InChI=1S/C20H16Cl2F3NO3/c1-3-11-6-12(4-5-16(11)18(27)28-2)17-10-19(29-26-17,20(23,24)25)13-7-14(21)9-15(22)8-13/h4-10,26H,3H2,1-2H3. The molecule has 0 fully saturated rings. The van der Waals surface area contributed by atoms with Crippen LogP contribution in [0.15, 0.2) is 42.5 Å². The fourth-order valence-corrected chi connectivity index (χ4v) is 3.64. The molecule has 0 saturated heterocycles. The van der Waals surface area contributed by atoms with Gasteiger partial charge in [0, 0.05) is 21.2 Å². The molecule has 3 rings (SSSR count). The molecule has 154 valence electrons. The van der Waals surface area contributed by atoms with Crippen molar-refractivity contribution in [2.24, 2.45) is 0 Å². The third-order valence-corrected chi connectivity index (χ3v) is 5.02. The summed E-state index contributed by atoms with van der Waals surface area (Å²) >= 11 is 11.8. The van der Waals surface area contributed by atoms with Crippen molar-refractivity contribution in [3.05, 3.63) is 74.8 Å². The predicted octanol–water partition coefficient (Wildman–Crippen LogP) is 5.68. The molecular weight excluding hydrogens is 430 g/mol. The van der Waals surface area contributed by atoms with E-state index in [0.29, 0.717) is 23.1 Å².